The van der Waals surface area contributed by atoms with Crippen LogP contribution >= 0.6 is 11.3 Å². The number of ether oxygens (including phenoxy) is 4. The number of fused-ring (bicyclic) bond motifs is 1. The van der Waals surface area contributed by atoms with Gasteiger partial charge in [0.25, 0.3) is 5.56 Å². The van der Waals surface area contributed by atoms with Gasteiger partial charge in [-0.25, -0.2) is 9.79 Å². The fourth-order valence-electron chi connectivity index (χ4n) is 4.65. The van der Waals surface area contributed by atoms with E-state index in [9.17, 15) is 14.4 Å². The van der Waals surface area contributed by atoms with Crippen LogP contribution in [0.25, 0.3) is 6.08 Å². The summed E-state index contributed by atoms with van der Waals surface area (Å²) < 4.78 is 23.6. The van der Waals surface area contributed by atoms with E-state index >= 15 is 0 Å². The standard InChI is InChI=1S/C32H28N2O7S/c1-19-28(31(37)39-4)29(23-12-15-25(41-20(2)35)26(17-23)38-3)34-30(36)27(42-32(34)33-19)16-21-10-13-24(14-11-21)40-18-22-8-6-5-7-9-22/h5-17,29H,18H2,1-4H3/b27-16+. The summed E-state index contributed by atoms with van der Waals surface area (Å²) in [5, 5.41) is 0. The molecule has 0 radical (unpaired) electrons. The molecular formula is C32H28N2O7S. The fraction of sp³-hybridized carbons (Fsp3) is 0.188. The Labute approximate surface area is 245 Å². The van der Waals surface area contributed by atoms with Gasteiger partial charge in [-0.05, 0) is 54.0 Å². The number of aromatic nitrogens is 1. The SMILES string of the molecule is COC(=O)C1=C(C)N=c2s/c(=C/c3ccc(OCc4ccccc4)cc3)c(=O)n2C1c1ccc(OC(C)=O)c(OC)c1. The smallest absolute Gasteiger partial charge is 0.338 e. The van der Waals surface area contributed by atoms with E-state index in [2.05, 4.69) is 4.99 Å². The van der Waals surface area contributed by atoms with Crippen molar-refractivity contribution in [3.63, 3.8) is 0 Å². The fourth-order valence-corrected chi connectivity index (χ4v) is 5.70. The van der Waals surface area contributed by atoms with Crippen LogP contribution in [0.4, 0.5) is 0 Å². The van der Waals surface area contributed by atoms with Crippen LogP contribution in [0.2, 0.25) is 0 Å². The molecular weight excluding hydrogens is 556 g/mol. The zero-order chi connectivity index (χ0) is 29.8. The Morgan fingerprint density at radius 1 is 1.00 bits per heavy atom. The molecule has 42 heavy (non-hydrogen) atoms. The van der Waals surface area contributed by atoms with Gasteiger partial charge in [0, 0.05) is 6.92 Å². The van der Waals surface area contributed by atoms with E-state index in [0.29, 0.717) is 33.0 Å². The van der Waals surface area contributed by atoms with Crippen LogP contribution in [-0.2, 0) is 20.9 Å². The minimum Gasteiger partial charge on any atom is -0.493 e. The third-order valence-electron chi connectivity index (χ3n) is 6.61. The summed E-state index contributed by atoms with van der Waals surface area (Å²) in [6.07, 6.45) is 1.78. The van der Waals surface area contributed by atoms with Crippen LogP contribution < -0.4 is 29.1 Å². The van der Waals surface area contributed by atoms with Gasteiger partial charge in [0.1, 0.15) is 12.4 Å². The zero-order valence-electron chi connectivity index (χ0n) is 23.5. The molecule has 2 heterocycles. The largest absolute Gasteiger partial charge is 0.493 e. The van der Waals surface area contributed by atoms with Gasteiger partial charge >= 0.3 is 11.9 Å². The monoisotopic (exact) mass is 584 g/mol. The predicted octanol–water partition coefficient (Wildman–Crippen LogP) is 3.92. The van der Waals surface area contributed by atoms with E-state index < -0.39 is 18.0 Å². The Hall–Kier alpha value is -4.96. The highest BCUT2D eigenvalue weighted by atomic mass is 32.1. The molecule has 10 heteroatoms. The first-order valence-corrected chi connectivity index (χ1v) is 13.8. The van der Waals surface area contributed by atoms with E-state index in [1.54, 1.807) is 31.2 Å². The number of carbonyl (C=O) groups is 2. The number of allylic oxidation sites excluding steroid dienone is 1. The van der Waals surface area contributed by atoms with E-state index in [-0.39, 0.29) is 22.6 Å². The van der Waals surface area contributed by atoms with Crippen molar-refractivity contribution in [1.29, 1.82) is 0 Å². The van der Waals surface area contributed by atoms with Crippen LogP contribution in [0.3, 0.4) is 0 Å². The second kappa shape index (κ2) is 12.3. The lowest BCUT2D eigenvalue weighted by molar-refractivity contribution is -0.136. The first-order valence-electron chi connectivity index (χ1n) is 13.0. The molecule has 214 valence electrons. The molecule has 0 aliphatic carbocycles. The first-order chi connectivity index (χ1) is 20.3. The van der Waals surface area contributed by atoms with Crippen molar-refractivity contribution in [2.45, 2.75) is 26.5 Å². The lowest BCUT2D eigenvalue weighted by Crippen LogP contribution is -2.39. The molecule has 1 unspecified atom stereocenters. The topological polar surface area (TPSA) is 105 Å². The first kappa shape index (κ1) is 28.6. The Kier molecular flexibility index (Phi) is 8.35. The summed E-state index contributed by atoms with van der Waals surface area (Å²) in [6.45, 7) is 3.44. The molecule has 1 aromatic heterocycles. The highest BCUT2D eigenvalue weighted by Crippen LogP contribution is 2.36. The summed E-state index contributed by atoms with van der Waals surface area (Å²) in [5.41, 5.74) is 2.77. The highest BCUT2D eigenvalue weighted by molar-refractivity contribution is 7.07. The molecule has 5 rings (SSSR count). The number of benzene rings is 3. The second-order valence-corrected chi connectivity index (χ2v) is 10.4. The van der Waals surface area contributed by atoms with Crippen molar-refractivity contribution in [3.05, 3.63) is 120 Å². The lowest BCUT2D eigenvalue weighted by atomic mass is 9.95. The molecule has 9 nitrogen and oxygen atoms in total. The molecule has 0 spiro atoms. The third kappa shape index (κ3) is 5.89. The summed E-state index contributed by atoms with van der Waals surface area (Å²) in [4.78, 5) is 43.4. The summed E-state index contributed by atoms with van der Waals surface area (Å²) >= 11 is 1.22. The van der Waals surface area contributed by atoms with Crippen molar-refractivity contribution in [3.8, 4) is 17.2 Å². The Morgan fingerprint density at radius 3 is 2.40 bits per heavy atom. The van der Waals surface area contributed by atoms with Crippen LogP contribution in [0.5, 0.6) is 17.2 Å². The molecule has 1 atom stereocenters. The van der Waals surface area contributed by atoms with E-state index in [4.69, 9.17) is 18.9 Å². The minimum atomic E-state index is -0.843. The van der Waals surface area contributed by atoms with Gasteiger partial charge in [0.15, 0.2) is 16.3 Å². The number of esters is 2. The molecule has 0 bridgehead atoms. The average molecular weight is 585 g/mol. The summed E-state index contributed by atoms with van der Waals surface area (Å²) in [7, 11) is 2.72. The molecule has 3 aromatic carbocycles. The lowest BCUT2D eigenvalue weighted by Gasteiger charge is -2.25. The molecule has 0 saturated heterocycles. The van der Waals surface area contributed by atoms with Gasteiger partial charge in [-0.1, -0.05) is 59.9 Å². The third-order valence-corrected chi connectivity index (χ3v) is 7.59. The number of hydrogen-bond donors (Lipinski definition) is 0. The maximum absolute atomic E-state index is 13.8. The minimum absolute atomic E-state index is 0.220. The Bertz CT molecular complexity index is 1860. The molecule has 1 aliphatic heterocycles. The summed E-state index contributed by atoms with van der Waals surface area (Å²) in [6, 6.07) is 21.4. The van der Waals surface area contributed by atoms with Gasteiger partial charge in [0.05, 0.1) is 36.1 Å². The quantitative estimate of drug-likeness (QED) is 0.228. The molecule has 4 aromatic rings. The van der Waals surface area contributed by atoms with Crippen LogP contribution in [0, 0.1) is 0 Å². The Morgan fingerprint density at radius 2 is 1.74 bits per heavy atom. The van der Waals surface area contributed by atoms with Gasteiger partial charge in [-0.3, -0.25) is 14.2 Å². The van der Waals surface area contributed by atoms with Crippen LogP contribution in [0.1, 0.15) is 36.6 Å². The van der Waals surface area contributed by atoms with Crippen molar-refractivity contribution in [1.82, 2.24) is 4.57 Å². The van der Waals surface area contributed by atoms with Crippen molar-refractivity contribution in [2.24, 2.45) is 4.99 Å². The van der Waals surface area contributed by atoms with E-state index in [0.717, 1.165) is 11.1 Å². The van der Waals surface area contributed by atoms with Crippen molar-refractivity contribution < 1.29 is 28.5 Å². The van der Waals surface area contributed by atoms with Crippen molar-refractivity contribution >= 4 is 29.4 Å². The number of nitrogens with zero attached hydrogens (tertiary/aromatic N) is 2. The van der Waals surface area contributed by atoms with Crippen LogP contribution in [-0.4, -0.2) is 30.7 Å². The summed E-state index contributed by atoms with van der Waals surface area (Å²) in [5.74, 6) is 0.0957. The molecule has 0 amide bonds. The normalized spacial score (nSPS) is 14.6. The number of carbonyl (C=O) groups excluding carboxylic acids is 2. The zero-order valence-corrected chi connectivity index (χ0v) is 24.3. The van der Waals surface area contributed by atoms with Gasteiger partial charge < -0.3 is 18.9 Å². The van der Waals surface area contributed by atoms with Crippen LogP contribution in [0.15, 0.2) is 93.9 Å². The van der Waals surface area contributed by atoms with E-state index in [1.807, 2.05) is 54.6 Å². The maximum atomic E-state index is 13.8. The number of hydrogen-bond acceptors (Lipinski definition) is 9. The molecule has 0 fully saturated rings. The van der Waals surface area contributed by atoms with Gasteiger partial charge in [0.2, 0.25) is 0 Å². The second-order valence-electron chi connectivity index (χ2n) is 9.42. The highest BCUT2D eigenvalue weighted by Gasteiger charge is 2.33. The maximum Gasteiger partial charge on any atom is 0.338 e. The van der Waals surface area contributed by atoms with Crippen molar-refractivity contribution in [2.75, 3.05) is 14.2 Å². The number of methoxy groups -OCH3 is 2. The average Bonchev–Trinajstić information content (AvgIpc) is 3.30. The predicted molar refractivity (Wildman–Crippen MR) is 157 cm³/mol. The van der Waals surface area contributed by atoms with Gasteiger partial charge in [-0.15, -0.1) is 0 Å². The number of rotatable bonds is 8. The molecule has 1 aliphatic rings. The van der Waals surface area contributed by atoms with Gasteiger partial charge in [-0.2, -0.15) is 0 Å². The number of thiazole rings is 1. The Balaban J connectivity index is 1.54. The van der Waals surface area contributed by atoms with E-state index in [1.165, 1.54) is 37.0 Å². The molecule has 0 saturated carbocycles. The molecule has 0 N–H and O–H groups in total.